The van der Waals surface area contributed by atoms with Gasteiger partial charge in [-0.3, -0.25) is 9.55 Å². The molecule has 0 fully saturated rings. The summed E-state index contributed by atoms with van der Waals surface area (Å²) in [6.07, 6.45) is 8.91. The Balaban J connectivity index is 1.98. The van der Waals surface area contributed by atoms with Crippen LogP contribution < -0.4 is 5.69 Å². The van der Waals surface area contributed by atoms with E-state index in [4.69, 9.17) is 0 Å². The van der Waals surface area contributed by atoms with Gasteiger partial charge in [0.05, 0.1) is 17.9 Å². The Bertz CT molecular complexity index is 893. The van der Waals surface area contributed by atoms with Gasteiger partial charge in [-0.15, -0.1) is 0 Å². The molecule has 0 saturated carbocycles. The van der Waals surface area contributed by atoms with Crippen molar-refractivity contribution in [3.05, 3.63) is 70.4 Å². The molecule has 0 bridgehead atoms. The Morgan fingerprint density at radius 2 is 2.04 bits per heavy atom. The smallest absolute Gasteiger partial charge is 0.289 e. The van der Waals surface area contributed by atoms with Gasteiger partial charge in [-0.2, -0.15) is 0 Å². The van der Waals surface area contributed by atoms with Gasteiger partial charge in [0.2, 0.25) is 0 Å². The molecule has 1 N–H and O–H groups in total. The van der Waals surface area contributed by atoms with Gasteiger partial charge >= 0.3 is 5.69 Å². The summed E-state index contributed by atoms with van der Waals surface area (Å²) in [6, 6.07) is 9.84. The Hall–Kier alpha value is -2.69. The number of hydrogen-bond acceptors (Lipinski definition) is 3. The maximum absolute atomic E-state index is 12.4. The molecule has 5 heteroatoms. The van der Waals surface area contributed by atoms with Crippen LogP contribution in [0.15, 0.2) is 53.5 Å². The number of H-pyrrole nitrogens is 1. The third-order valence-corrected chi connectivity index (χ3v) is 4.09. The van der Waals surface area contributed by atoms with Crippen LogP contribution in [0.2, 0.25) is 0 Å². The van der Waals surface area contributed by atoms with Crippen molar-refractivity contribution in [2.24, 2.45) is 0 Å². The summed E-state index contributed by atoms with van der Waals surface area (Å²) in [7, 11) is 0. The molecule has 3 rings (SSSR count). The molecular weight excluding hydrogens is 300 g/mol. The first-order valence-corrected chi connectivity index (χ1v) is 8.36. The number of rotatable bonds is 6. The van der Waals surface area contributed by atoms with E-state index in [0.717, 1.165) is 30.5 Å². The maximum Gasteiger partial charge on any atom is 0.329 e. The quantitative estimate of drug-likeness (QED) is 0.705. The van der Waals surface area contributed by atoms with Gasteiger partial charge in [0.25, 0.3) is 0 Å². The minimum absolute atomic E-state index is 0.104. The Morgan fingerprint density at radius 1 is 1.25 bits per heavy atom. The van der Waals surface area contributed by atoms with Gasteiger partial charge in [-0.25, -0.2) is 14.8 Å². The zero-order valence-electron chi connectivity index (χ0n) is 14.1. The summed E-state index contributed by atoms with van der Waals surface area (Å²) in [6.45, 7) is 4.15. The second-order valence-electron chi connectivity index (χ2n) is 5.88. The standard InChI is InChI=1S/C19H22N4O/c1-3-4-5-9-12-16-13-20-17-18(21-16)23(19(24)22-17)14(2)15-10-7-6-8-11-15/h5-11,13-14H,3-4,12H2,1-2H3,(H,20,22,24). The molecule has 1 unspecified atom stereocenters. The summed E-state index contributed by atoms with van der Waals surface area (Å²) in [5, 5.41) is 0. The summed E-state index contributed by atoms with van der Waals surface area (Å²) < 4.78 is 1.68. The normalized spacial score (nSPS) is 12.9. The first kappa shape index (κ1) is 16.2. The second kappa shape index (κ2) is 7.25. The summed E-state index contributed by atoms with van der Waals surface area (Å²) in [5.41, 5.74) is 2.89. The van der Waals surface area contributed by atoms with Crippen LogP contribution in [0, 0.1) is 0 Å². The minimum Gasteiger partial charge on any atom is -0.289 e. The largest absolute Gasteiger partial charge is 0.329 e. The zero-order valence-corrected chi connectivity index (χ0v) is 14.1. The molecule has 24 heavy (non-hydrogen) atoms. The fraction of sp³-hybridized carbons (Fsp3) is 0.316. The lowest BCUT2D eigenvalue weighted by atomic mass is 10.1. The first-order valence-electron chi connectivity index (χ1n) is 8.36. The lowest BCUT2D eigenvalue weighted by Gasteiger charge is -2.13. The topological polar surface area (TPSA) is 63.6 Å². The molecule has 3 aromatic rings. The van der Waals surface area contributed by atoms with E-state index in [-0.39, 0.29) is 11.7 Å². The van der Waals surface area contributed by atoms with Crippen molar-refractivity contribution in [3.63, 3.8) is 0 Å². The number of nitrogens with zero attached hydrogens (tertiary/aromatic N) is 3. The van der Waals surface area contributed by atoms with E-state index in [1.165, 1.54) is 0 Å². The molecule has 0 saturated heterocycles. The van der Waals surface area contributed by atoms with Gasteiger partial charge in [-0.1, -0.05) is 55.8 Å². The van der Waals surface area contributed by atoms with E-state index >= 15 is 0 Å². The summed E-state index contributed by atoms with van der Waals surface area (Å²) >= 11 is 0. The highest BCUT2D eigenvalue weighted by Gasteiger charge is 2.16. The highest BCUT2D eigenvalue weighted by atomic mass is 16.1. The average molecular weight is 322 g/mol. The number of imidazole rings is 1. The Morgan fingerprint density at radius 3 is 2.79 bits per heavy atom. The number of aromatic amines is 1. The van der Waals surface area contributed by atoms with Gasteiger partial charge in [0, 0.05) is 6.42 Å². The molecule has 1 atom stereocenters. The molecule has 0 aliphatic heterocycles. The number of allylic oxidation sites excluding steroid dienone is 2. The van der Waals surface area contributed by atoms with Gasteiger partial charge in [0.15, 0.2) is 11.3 Å². The molecule has 0 amide bonds. The van der Waals surface area contributed by atoms with E-state index in [1.54, 1.807) is 10.8 Å². The van der Waals surface area contributed by atoms with E-state index in [1.807, 2.05) is 37.3 Å². The number of fused-ring (bicyclic) bond motifs is 1. The fourth-order valence-electron chi connectivity index (χ4n) is 2.76. The molecule has 0 aliphatic carbocycles. The van der Waals surface area contributed by atoms with Crippen LogP contribution in [0.3, 0.4) is 0 Å². The van der Waals surface area contributed by atoms with E-state index in [2.05, 4.69) is 34.0 Å². The van der Waals surface area contributed by atoms with Crippen LogP contribution in [-0.2, 0) is 6.42 Å². The predicted octanol–water partition coefficient (Wildman–Crippen LogP) is 3.63. The van der Waals surface area contributed by atoms with Crippen molar-refractivity contribution >= 4 is 11.3 Å². The molecule has 0 aliphatic rings. The highest BCUT2D eigenvalue weighted by molar-refractivity contribution is 5.65. The van der Waals surface area contributed by atoms with Crippen molar-refractivity contribution in [1.82, 2.24) is 19.5 Å². The van der Waals surface area contributed by atoms with Crippen LogP contribution in [-0.4, -0.2) is 19.5 Å². The number of aromatic nitrogens is 4. The van der Waals surface area contributed by atoms with Crippen molar-refractivity contribution < 1.29 is 0 Å². The van der Waals surface area contributed by atoms with Crippen molar-refractivity contribution in [2.75, 3.05) is 0 Å². The third-order valence-electron chi connectivity index (χ3n) is 4.09. The molecule has 2 heterocycles. The van der Waals surface area contributed by atoms with Crippen LogP contribution in [0.1, 0.15) is 44.0 Å². The Kier molecular flexibility index (Phi) is 4.89. The number of unbranched alkanes of at least 4 members (excludes halogenated alkanes) is 1. The van der Waals surface area contributed by atoms with Crippen LogP contribution in [0.25, 0.3) is 11.3 Å². The van der Waals surface area contributed by atoms with E-state index < -0.39 is 0 Å². The minimum atomic E-state index is -0.181. The predicted molar refractivity (Wildman–Crippen MR) is 96.2 cm³/mol. The van der Waals surface area contributed by atoms with Crippen molar-refractivity contribution in [2.45, 2.75) is 39.2 Å². The van der Waals surface area contributed by atoms with Crippen LogP contribution in [0.5, 0.6) is 0 Å². The molecule has 0 spiro atoms. The molecule has 0 radical (unpaired) electrons. The third kappa shape index (κ3) is 3.30. The van der Waals surface area contributed by atoms with Crippen molar-refractivity contribution in [1.29, 1.82) is 0 Å². The number of hydrogen-bond donors (Lipinski definition) is 1. The van der Waals surface area contributed by atoms with Crippen molar-refractivity contribution in [3.8, 4) is 0 Å². The zero-order chi connectivity index (χ0) is 16.9. The molecule has 124 valence electrons. The number of nitrogens with one attached hydrogen (secondary N) is 1. The SMILES string of the molecule is CCCC=CCc1cnc2[nH]c(=O)n(C(C)c3ccccc3)c2n1. The molecule has 1 aromatic carbocycles. The average Bonchev–Trinajstić information content (AvgIpc) is 2.94. The van der Waals surface area contributed by atoms with Gasteiger partial charge in [-0.05, 0) is 18.9 Å². The molecule has 2 aromatic heterocycles. The number of benzene rings is 1. The highest BCUT2D eigenvalue weighted by Crippen LogP contribution is 2.19. The Labute approximate surface area is 141 Å². The van der Waals surface area contributed by atoms with E-state index in [9.17, 15) is 4.79 Å². The molecule has 5 nitrogen and oxygen atoms in total. The monoisotopic (exact) mass is 322 g/mol. The summed E-state index contributed by atoms with van der Waals surface area (Å²) in [5.74, 6) is 0. The fourth-order valence-corrected chi connectivity index (χ4v) is 2.76. The molecular formula is C19H22N4O. The summed E-state index contributed by atoms with van der Waals surface area (Å²) in [4.78, 5) is 24.2. The van der Waals surface area contributed by atoms with Gasteiger partial charge in [0.1, 0.15) is 0 Å². The lowest BCUT2D eigenvalue weighted by molar-refractivity contribution is 0.630. The van der Waals surface area contributed by atoms with Crippen LogP contribution in [0.4, 0.5) is 0 Å². The van der Waals surface area contributed by atoms with E-state index in [0.29, 0.717) is 11.3 Å². The van der Waals surface area contributed by atoms with Crippen LogP contribution >= 0.6 is 0 Å². The lowest BCUT2D eigenvalue weighted by Crippen LogP contribution is -2.21. The van der Waals surface area contributed by atoms with Gasteiger partial charge < -0.3 is 0 Å². The first-order chi connectivity index (χ1) is 11.7. The second-order valence-corrected chi connectivity index (χ2v) is 5.88. The maximum atomic E-state index is 12.4.